The van der Waals surface area contributed by atoms with Gasteiger partial charge in [-0.3, -0.25) is 4.79 Å². The van der Waals surface area contributed by atoms with Crippen LogP contribution in [0.4, 0.5) is 17.3 Å². The fourth-order valence-corrected chi connectivity index (χ4v) is 3.48. The molecule has 0 saturated carbocycles. The second-order valence-corrected chi connectivity index (χ2v) is 6.93. The number of hydrogen-bond donors (Lipinski definition) is 3. The Morgan fingerprint density at radius 1 is 1.24 bits per heavy atom. The lowest BCUT2D eigenvalue weighted by Crippen LogP contribution is -2.37. The molecule has 0 spiro atoms. The van der Waals surface area contributed by atoms with Crippen molar-refractivity contribution in [1.29, 1.82) is 0 Å². The molecule has 29 heavy (non-hydrogen) atoms. The van der Waals surface area contributed by atoms with Crippen molar-refractivity contribution in [2.75, 3.05) is 49.8 Å². The Bertz CT molecular complexity index is 853. The SMILES string of the molecule is COc1ccc(CCNc2ncnc(N3CCC(C(=O)O)CC3)c2N)cc1OC. The summed E-state index contributed by atoms with van der Waals surface area (Å²) in [6.45, 7) is 1.86. The molecule has 0 aliphatic carbocycles. The third-order valence-electron chi connectivity index (χ3n) is 5.16. The van der Waals surface area contributed by atoms with E-state index in [0.29, 0.717) is 61.3 Å². The van der Waals surface area contributed by atoms with E-state index in [4.69, 9.17) is 20.3 Å². The molecule has 0 atom stereocenters. The number of nitrogens with zero attached hydrogens (tertiary/aromatic N) is 3. The normalized spacial score (nSPS) is 14.5. The van der Waals surface area contributed by atoms with Gasteiger partial charge in [0.2, 0.25) is 0 Å². The highest BCUT2D eigenvalue weighted by Crippen LogP contribution is 2.30. The lowest BCUT2D eigenvalue weighted by molar-refractivity contribution is -0.142. The van der Waals surface area contributed by atoms with Gasteiger partial charge in [0.05, 0.1) is 20.1 Å². The van der Waals surface area contributed by atoms with Crippen LogP contribution in [0.25, 0.3) is 0 Å². The third-order valence-corrected chi connectivity index (χ3v) is 5.16. The summed E-state index contributed by atoms with van der Waals surface area (Å²) in [6.07, 6.45) is 3.40. The van der Waals surface area contributed by atoms with Crippen LogP contribution >= 0.6 is 0 Å². The molecule has 3 rings (SSSR count). The number of methoxy groups -OCH3 is 2. The number of piperidine rings is 1. The first-order chi connectivity index (χ1) is 14.0. The molecular formula is C20H27N5O4. The number of nitrogens with two attached hydrogens (primary N) is 1. The molecule has 0 bridgehead atoms. The van der Waals surface area contributed by atoms with Gasteiger partial charge >= 0.3 is 5.97 Å². The number of aliphatic carboxylic acids is 1. The lowest BCUT2D eigenvalue weighted by atomic mass is 9.97. The van der Waals surface area contributed by atoms with Gasteiger partial charge in [0.15, 0.2) is 23.1 Å². The Balaban J connectivity index is 1.61. The standard InChI is InChI=1S/C20H27N5O4/c1-28-15-4-3-13(11-16(15)29-2)5-8-22-18-17(21)19(24-12-23-18)25-9-6-14(7-10-25)20(26)27/h3-4,11-12,14H,5-10,21H2,1-2H3,(H,26,27)(H,22,23,24). The lowest BCUT2D eigenvalue weighted by Gasteiger charge is -2.31. The summed E-state index contributed by atoms with van der Waals surface area (Å²) in [5, 5.41) is 12.4. The predicted molar refractivity (Wildman–Crippen MR) is 111 cm³/mol. The summed E-state index contributed by atoms with van der Waals surface area (Å²) in [5.41, 5.74) is 7.87. The fourth-order valence-electron chi connectivity index (χ4n) is 3.48. The Morgan fingerprint density at radius 2 is 1.97 bits per heavy atom. The van der Waals surface area contributed by atoms with Crippen LogP contribution < -0.4 is 25.4 Å². The van der Waals surface area contributed by atoms with Gasteiger partial charge in [0.25, 0.3) is 0 Å². The van der Waals surface area contributed by atoms with E-state index >= 15 is 0 Å². The molecule has 4 N–H and O–H groups in total. The molecule has 0 unspecified atom stereocenters. The zero-order valence-electron chi connectivity index (χ0n) is 16.7. The van der Waals surface area contributed by atoms with Crippen molar-refractivity contribution in [3.63, 3.8) is 0 Å². The second kappa shape index (κ2) is 9.31. The van der Waals surface area contributed by atoms with Crippen LogP contribution in [0.5, 0.6) is 11.5 Å². The Kier molecular flexibility index (Phi) is 6.58. The van der Waals surface area contributed by atoms with Gasteiger partial charge in [-0.05, 0) is 37.0 Å². The molecule has 1 saturated heterocycles. The first kappa shape index (κ1) is 20.5. The molecular weight excluding hydrogens is 374 g/mol. The van der Waals surface area contributed by atoms with Crippen molar-refractivity contribution in [1.82, 2.24) is 9.97 Å². The maximum atomic E-state index is 11.1. The van der Waals surface area contributed by atoms with E-state index < -0.39 is 5.97 Å². The molecule has 0 amide bonds. The van der Waals surface area contributed by atoms with Gasteiger partial charge < -0.3 is 30.5 Å². The fraction of sp³-hybridized carbons (Fsp3) is 0.450. The van der Waals surface area contributed by atoms with Gasteiger partial charge in [-0.15, -0.1) is 0 Å². The van der Waals surface area contributed by atoms with Crippen molar-refractivity contribution in [2.24, 2.45) is 5.92 Å². The van der Waals surface area contributed by atoms with Crippen LogP contribution in [0.1, 0.15) is 18.4 Å². The summed E-state index contributed by atoms with van der Waals surface area (Å²) in [5.74, 6) is 1.58. The van der Waals surface area contributed by atoms with E-state index in [2.05, 4.69) is 15.3 Å². The number of carboxylic acid groups (broad SMARTS) is 1. The van der Waals surface area contributed by atoms with E-state index in [9.17, 15) is 4.79 Å². The quantitative estimate of drug-likeness (QED) is 0.609. The highest BCUT2D eigenvalue weighted by molar-refractivity contribution is 5.75. The van der Waals surface area contributed by atoms with Crippen molar-refractivity contribution in [3.05, 3.63) is 30.1 Å². The first-order valence-corrected chi connectivity index (χ1v) is 9.56. The van der Waals surface area contributed by atoms with Gasteiger partial charge in [-0.2, -0.15) is 0 Å². The second-order valence-electron chi connectivity index (χ2n) is 6.93. The maximum absolute atomic E-state index is 11.1. The number of ether oxygens (including phenoxy) is 2. The van der Waals surface area contributed by atoms with Crippen LogP contribution in [0.2, 0.25) is 0 Å². The van der Waals surface area contributed by atoms with Crippen LogP contribution in [-0.4, -0.2) is 54.9 Å². The summed E-state index contributed by atoms with van der Waals surface area (Å²) in [6, 6.07) is 5.82. The van der Waals surface area contributed by atoms with Crippen LogP contribution in [0, 0.1) is 5.92 Å². The first-order valence-electron chi connectivity index (χ1n) is 9.56. The van der Waals surface area contributed by atoms with E-state index in [0.717, 1.165) is 12.0 Å². The zero-order valence-corrected chi connectivity index (χ0v) is 16.7. The number of benzene rings is 1. The van der Waals surface area contributed by atoms with Gasteiger partial charge in [-0.25, -0.2) is 9.97 Å². The number of rotatable bonds is 8. The van der Waals surface area contributed by atoms with E-state index in [1.165, 1.54) is 6.33 Å². The Morgan fingerprint density at radius 3 is 2.62 bits per heavy atom. The number of hydrogen-bond acceptors (Lipinski definition) is 8. The molecule has 9 heteroatoms. The molecule has 0 radical (unpaired) electrons. The number of anilines is 3. The third kappa shape index (κ3) is 4.79. The number of aromatic nitrogens is 2. The van der Waals surface area contributed by atoms with E-state index in [1.54, 1.807) is 14.2 Å². The van der Waals surface area contributed by atoms with Crippen LogP contribution in [0.15, 0.2) is 24.5 Å². The van der Waals surface area contributed by atoms with Gasteiger partial charge in [-0.1, -0.05) is 6.07 Å². The molecule has 2 heterocycles. The smallest absolute Gasteiger partial charge is 0.306 e. The van der Waals surface area contributed by atoms with Crippen molar-refractivity contribution >= 4 is 23.3 Å². The van der Waals surface area contributed by atoms with Gasteiger partial charge in [0, 0.05) is 19.6 Å². The number of carbonyl (C=O) groups is 1. The zero-order chi connectivity index (χ0) is 20.8. The Hall–Kier alpha value is -3.23. The summed E-state index contributed by atoms with van der Waals surface area (Å²) in [4.78, 5) is 21.7. The van der Waals surface area contributed by atoms with Crippen molar-refractivity contribution in [3.8, 4) is 11.5 Å². The summed E-state index contributed by atoms with van der Waals surface area (Å²) in [7, 11) is 3.22. The molecule has 2 aromatic rings. The average molecular weight is 401 g/mol. The predicted octanol–water partition coefficient (Wildman–Crippen LogP) is 2.03. The molecule has 1 aliphatic heterocycles. The van der Waals surface area contributed by atoms with Gasteiger partial charge in [0.1, 0.15) is 12.0 Å². The minimum absolute atomic E-state index is 0.298. The molecule has 1 aromatic carbocycles. The number of nitrogens with one attached hydrogen (secondary N) is 1. The molecule has 1 aliphatic rings. The van der Waals surface area contributed by atoms with Crippen LogP contribution in [0.3, 0.4) is 0 Å². The average Bonchev–Trinajstić information content (AvgIpc) is 2.75. The molecule has 1 fully saturated rings. The highest BCUT2D eigenvalue weighted by Gasteiger charge is 2.26. The minimum atomic E-state index is -0.738. The van der Waals surface area contributed by atoms with Crippen LogP contribution in [-0.2, 0) is 11.2 Å². The van der Waals surface area contributed by atoms with E-state index in [1.807, 2.05) is 23.1 Å². The Labute approximate surface area is 169 Å². The molecule has 156 valence electrons. The topological polar surface area (TPSA) is 123 Å². The highest BCUT2D eigenvalue weighted by atomic mass is 16.5. The maximum Gasteiger partial charge on any atom is 0.306 e. The van der Waals surface area contributed by atoms with Crippen molar-refractivity contribution in [2.45, 2.75) is 19.3 Å². The monoisotopic (exact) mass is 401 g/mol. The van der Waals surface area contributed by atoms with E-state index in [-0.39, 0.29) is 5.92 Å². The minimum Gasteiger partial charge on any atom is -0.493 e. The summed E-state index contributed by atoms with van der Waals surface area (Å²) >= 11 is 0. The van der Waals surface area contributed by atoms with Crippen molar-refractivity contribution < 1.29 is 19.4 Å². The largest absolute Gasteiger partial charge is 0.493 e. The number of carboxylic acids is 1. The molecule has 1 aromatic heterocycles. The summed E-state index contributed by atoms with van der Waals surface area (Å²) < 4.78 is 10.6. The number of nitrogen functional groups attached to an aromatic ring is 1. The molecule has 9 nitrogen and oxygen atoms in total.